The van der Waals surface area contributed by atoms with E-state index in [4.69, 9.17) is 4.98 Å². The molecule has 1 aromatic heterocycles. The minimum Gasteiger partial charge on any atom is -0.334 e. The maximum absolute atomic E-state index is 4.74. The highest BCUT2D eigenvalue weighted by Crippen LogP contribution is 2.40. The summed E-state index contributed by atoms with van der Waals surface area (Å²) in [5.41, 5.74) is 3.05. The van der Waals surface area contributed by atoms with Crippen LogP contribution in [-0.4, -0.2) is 34.6 Å². The molecular formula is C18H23N3. The first-order chi connectivity index (χ1) is 10.3. The number of hydrogen-bond donors (Lipinski definition) is 0. The Hall–Kier alpha value is -1.61. The second-order valence-corrected chi connectivity index (χ2v) is 6.55. The minimum atomic E-state index is 0.479. The van der Waals surface area contributed by atoms with Crippen molar-refractivity contribution in [1.82, 2.24) is 14.5 Å². The molecule has 0 N–H and O–H groups in total. The molecule has 110 valence electrons. The normalized spacial score (nSPS) is 23.4. The molecule has 2 aliphatic rings. The summed E-state index contributed by atoms with van der Waals surface area (Å²) in [6.07, 6.45) is 7.82. The van der Waals surface area contributed by atoms with Crippen LogP contribution in [0.4, 0.5) is 0 Å². The summed E-state index contributed by atoms with van der Waals surface area (Å²) in [4.78, 5) is 7.19. The summed E-state index contributed by atoms with van der Waals surface area (Å²) in [5, 5.41) is 0. The van der Waals surface area contributed by atoms with Gasteiger partial charge in [-0.15, -0.1) is 0 Å². The molecule has 21 heavy (non-hydrogen) atoms. The van der Waals surface area contributed by atoms with Crippen molar-refractivity contribution in [3.8, 4) is 0 Å². The highest BCUT2D eigenvalue weighted by atomic mass is 15.1. The number of imidazole rings is 1. The average Bonchev–Trinajstić information content (AvgIpc) is 2.91. The fraction of sp³-hybridized carbons (Fsp3) is 0.500. The fourth-order valence-corrected chi connectivity index (χ4v) is 4.06. The molecule has 1 fully saturated rings. The molecule has 2 aromatic rings. The second-order valence-electron chi connectivity index (χ2n) is 6.55. The first-order valence-corrected chi connectivity index (χ1v) is 8.10. The van der Waals surface area contributed by atoms with E-state index in [0.717, 1.165) is 18.9 Å². The van der Waals surface area contributed by atoms with Crippen LogP contribution in [0, 0.1) is 5.92 Å². The topological polar surface area (TPSA) is 21.1 Å². The van der Waals surface area contributed by atoms with Crippen LogP contribution >= 0.6 is 0 Å². The van der Waals surface area contributed by atoms with Crippen LogP contribution in [0.3, 0.4) is 0 Å². The van der Waals surface area contributed by atoms with Crippen molar-refractivity contribution >= 4 is 0 Å². The summed E-state index contributed by atoms with van der Waals surface area (Å²) < 4.78 is 2.38. The maximum Gasteiger partial charge on any atom is 0.116 e. The molecule has 2 aliphatic heterocycles. The molecule has 4 rings (SSSR count). The third-order valence-electron chi connectivity index (χ3n) is 5.27. The number of hydrogen-bond acceptors (Lipinski definition) is 2. The van der Waals surface area contributed by atoms with Gasteiger partial charge in [0.1, 0.15) is 5.82 Å². The molecule has 0 radical (unpaired) electrons. The zero-order valence-corrected chi connectivity index (χ0v) is 12.7. The predicted molar refractivity (Wildman–Crippen MR) is 84.4 cm³/mol. The van der Waals surface area contributed by atoms with Crippen molar-refractivity contribution in [2.75, 3.05) is 20.1 Å². The van der Waals surface area contributed by atoms with Gasteiger partial charge in [0.2, 0.25) is 0 Å². The van der Waals surface area contributed by atoms with Crippen LogP contribution in [0.2, 0.25) is 0 Å². The van der Waals surface area contributed by atoms with Crippen molar-refractivity contribution < 1.29 is 0 Å². The third-order valence-corrected chi connectivity index (χ3v) is 5.27. The number of piperidine rings is 1. The van der Waals surface area contributed by atoms with Crippen molar-refractivity contribution in [3.05, 3.63) is 53.6 Å². The first-order valence-electron chi connectivity index (χ1n) is 8.10. The van der Waals surface area contributed by atoms with Crippen LogP contribution < -0.4 is 0 Å². The van der Waals surface area contributed by atoms with E-state index in [0.29, 0.717) is 5.92 Å². The molecule has 3 heterocycles. The number of nitrogens with zero attached hydrogens (tertiary/aromatic N) is 3. The van der Waals surface area contributed by atoms with E-state index in [-0.39, 0.29) is 0 Å². The molecule has 3 nitrogen and oxygen atoms in total. The number of rotatable bonds is 1. The molecular weight excluding hydrogens is 258 g/mol. The Bertz CT molecular complexity index is 623. The molecule has 3 heteroatoms. The van der Waals surface area contributed by atoms with Gasteiger partial charge in [0.15, 0.2) is 0 Å². The van der Waals surface area contributed by atoms with Crippen LogP contribution in [0.25, 0.3) is 0 Å². The van der Waals surface area contributed by atoms with Gasteiger partial charge in [-0.25, -0.2) is 4.98 Å². The Labute approximate surface area is 126 Å². The lowest BCUT2D eigenvalue weighted by atomic mass is 9.78. The predicted octanol–water partition coefficient (Wildman–Crippen LogP) is 2.91. The monoisotopic (exact) mass is 281 g/mol. The van der Waals surface area contributed by atoms with E-state index in [2.05, 4.69) is 47.0 Å². The largest absolute Gasteiger partial charge is 0.334 e. The van der Waals surface area contributed by atoms with Gasteiger partial charge >= 0.3 is 0 Å². The Balaban J connectivity index is 1.78. The van der Waals surface area contributed by atoms with E-state index in [1.165, 1.54) is 42.9 Å². The van der Waals surface area contributed by atoms with Gasteiger partial charge in [-0.05, 0) is 56.4 Å². The van der Waals surface area contributed by atoms with Crippen molar-refractivity contribution in [1.29, 1.82) is 0 Å². The van der Waals surface area contributed by atoms with Crippen LogP contribution in [0.5, 0.6) is 0 Å². The highest BCUT2D eigenvalue weighted by Gasteiger charge is 2.33. The van der Waals surface area contributed by atoms with Crippen LogP contribution in [0.1, 0.15) is 35.7 Å². The lowest BCUT2D eigenvalue weighted by Crippen LogP contribution is -2.33. The average molecular weight is 281 g/mol. The minimum absolute atomic E-state index is 0.479. The number of benzene rings is 1. The molecule has 1 saturated heterocycles. The molecule has 1 unspecified atom stereocenters. The van der Waals surface area contributed by atoms with Crippen molar-refractivity contribution in [2.24, 2.45) is 5.92 Å². The van der Waals surface area contributed by atoms with Gasteiger partial charge < -0.3 is 9.47 Å². The first kappa shape index (κ1) is 13.1. The van der Waals surface area contributed by atoms with Gasteiger partial charge in [-0.2, -0.15) is 0 Å². The number of aromatic nitrogens is 2. The fourth-order valence-electron chi connectivity index (χ4n) is 4.06. The lowest BCUT2D eigenvalue weighted by Gasteiger charge is -2.34. The quantitative estimate of drug-likeness (QED) is 0.801. The highest BCUT2D eigenvalue weighted by molar-refractivity contribution is 5.37. The summed E-state index contributed by atoms with van der Waals surface area (Å²) in [6.45, 7) is 3.49. The SMILES string of the molecule is CN1CCC(C2c3ccccc3CCn3ccnc32)CC1. The van der Waals surface area contributed by atoms with E-state index in [9.17, 15) is 0 Å². The number of aryl methyl sites for hydroxylation is 2. The summed E-state index contributed by atoms with van der Waals surface area (Å²) in [6, 6.07) is 9.02. The van der Waals surface area contributed by atoms with Gasteiger partial charge in [-0.1, -0.05) is 24.3 Å². The molecule has 0 bridgehead atoms. The smallest absolute Gasteiger partial charge is 0.116 e. The van der Waals surface area contributed by atoms with Crippen LogP contribution in [0.15, 0.2) is 36.7 Å². The van der Waals surface area contributed by atoms with Crippen molar-refractivity contribution in [3.63, 3.8) is 0 Å². The van der Waals surface area contributed by atoms with Crippen LogP contribution in [-0.2, 0) is 13.0 Å². The Morgan fingerprint density at radius 2 is 1.90 bits per heavy atom. The zero-order valence-electron chi connectivity index (χ0n) is 12.7. The van der Waals surface area contributed by atoms with E-state index in [1.54, 1.807) is 0 Å². The third kappa shape index (κ3) is 2.30. The standard InChI is InChI=1S/C18H23N3/c1-20-10-6-15(7-11-20)17-16-5-3-2-4-14(16)8-12-21-13-9-19-18(17)21/h2-5,9,13,15,17H,6-8,10-12H2,1H3. The second kappa shape index (κ2) is 5.30. The zero-order chi connectivity index (χ0) is 14.2. The van der Waals surface area contributed by atoms with E-state index >= 15 is 0 Å². The Kier molecular flexibility index (Phi) is 3.30. The number of likely N-dealkylation sites (tertiary alicyclic amines) is 1. The van der Waals surface area contributed by atoms with Gasteiger partial charge in [-0.3, -0.25) is 0 Å². The molecule has 0 spiro atoms. The maximum atomic E-state index is 4.74. The lowest BCUT2D eigenvalue weighted by molar-refractivity contribution is 0.204. The molecule has 1 aromatic carbocycles. The Morgan fingerprint density at radius 3 is 2.76 bits per heavy atom. The van der Waals surface area contributed by atoms with Gasteiger partial charge in [0.05, 0.1) is 0 Å². The summed E-state index contributed by atoms with van der Waals surface area (Å²) in [7, 11) is 2.23. The van der Waals surface area contributed by atoms with E-state index in [1.807, 2.05) is 6.20 Å². The molecule has 0 saturated carbocycles. The molecule has 0 amide bonds. The summed E-state index contributed by atoms with van der Waals surface area (Å²) >= 11 is 0. The van der Waals surface area contributed by atoms with Crippen molar-refractivity contribution in [2.45, 2.75) is 31.7 Å². The van der Waals surface area contributed by atoms with Gasteiger partial charge in [0, 0.05) is 24.9 Å². The molecule has 0 aliphatic carbocycles. The molecule has 1 atom stereocenters. The van der Waals surface area contributed by atoms with E-state index < -0.39 is 0 Å². The Morgan fingerprint density at radius 1 is 1.10 bits per heavy atom. The number of fused-ring (bicyclic) bond motifs is 2. The van der Waals surface area contributed by atoms with Gasteiger partial charge in [0.25, 0.3) is 0 Å². The summed E-state index contributed by atoms with van der Waals surface area (Å²) in [5.74, 6) is 2.49.